The molecule has 1 heterocycles. The number of hydrogen-bond donors (Lipinski definition) is 1. The van der Waals surface area contributed by atoms with E-state index in [9.17, 15) is 0 Å². The molecule has 0 saturated carbocycles. The molecular formula is C7H11N3O. The standard InChI is InChI=1S/C7H11N3O/c1-5(8)6-3-9-7(11-2)10-4-6/h3-5H,8H2,1-2H3/t5-/m1/s1. The fraction of sp³-hybridized carbons (Fsp3) is 0.429. The summed E-state index contributed by atoms with van der Waals surface area (Å²) in [7, 11) is 1.53. The van der Waals surface area contributed by atoms with Crippen molar-refractivity contribution >= 4 is 0 Å². The largest absolute Gasteiger partial charge is 0.467 e. The van der Waals surface area contributed by atoms with Crippen LogP contribution in [0, 0.1) is 0 Å². The molecule has 1 aromatic heterocycles. The van der Waals surface area contributed by atoms with Gasteiger partial charge in [0.15, 0.2) is 0 Å². The first-order valence-electron chi connectivity index (χ1n) is 3.35. The summed E-state index contributed by atoms with van der Waals surface area (Å²) in [4.78, 5) is 7.81. The predicted octanol–water partition coefficient (Wildman–Crippen LogP) is 0.505. The first-order chi connectivity index (χ1) is 5.24. The number of nitrogens with two attached hydrogens (primary N) is 1. The Morgan fingerprint density at radius 2 is 2.00 bits per heavy atom. The van der Waals surface area contributed by atoms with Crippen molar-refractivity contribution in [3.05, 3.63) is 18.0 Å². The Hall–Kier alpha value is -1.16. The van der Waals surface area contributed by atoms with Crippen molar-refractivity contribution in [3.63, 3.8) is 0 Å². The molecule has 4 heteroatoms. The Kier molecular flexibility index (Phi) is 2.38. The second kappa shape index (κ2) is 3.30. The fourth-order valence-electron chi connectivity index (χ4n) is 0.667. The SMILES string of the molecule is COc1ncc([C@@H](C)N)cn1. The first-order valence-corrected chi connectivity index (χ1v) is 3.35. The summed E-state index contributed by atoms with van der Waals surface area (Å²) in [5, 5.41) is 0. The Morgan fingerprint density at radius 3 is 2.36 bits per heavy atom. The van der Waals surface area contributed by atoms with Gasteiger partial charge in [0.1, 0.15) is 0 Å². The molecular weight excluding hydrogens is 142 g/mol. The summed E-state index contributed by atoms with van der Waals surface area (Å²) in [6.45, 7) is 1.88. The van der Waals surface area contributed by atoms with Crippen molar-refractivity contribution in [1.29, 1.82) is 0 Å². The minimum atomic E-state index is -0.0269. The van der Waals surface area contributed by atoms with Gasteiger partial charge in [0, 0.05) is 24.0 Å². The Morgan fingerprint density at radius 1 is 1.45 bits per heavy atom. The van der Waals surface area contributed by atoms with E-state index in [0.29, 0.717) is 6.01 Å². The molecule has 0 bridgehead atoms. The Balaban J connectivity index is 2.83. The lowest BCUT2D eigenvalue weighted by atomic mass is 10.2. The molecule has 1 rings (SSSR count). The first kappa shape index (κ1) is 7.94. The summed E-state index contributed by atoms with van der Waals surface area (Å²) >= 11 is 0. The van der Waals surface area contributed by atoms with Gasteiger partial charge in [-0.15, -0.1) is 0 Å². The van der Waals surface area contributed by atoms with Gasteiger partial charge in [0.2, 0.25) is 0 Å². The zero-order chi connectivity index (χ0) is 8.27. The number of nitrogens with zero attached hydrogens (tertiary/aromatic N) is 2. The Bertz CT molecular complexity index is 220. The van der Waals surface area contributed by atoms with Crippen LogP contribution in [0.2, 0.25) is 0 Å². The molecule has 0 saturated heterocycles. The van der Waals surface area contributed by atoms with Gasteiger partial charge in [0.25, 0.3) is 0 Å². The van der Waals surface area contributed by atoms with Crippen molar-refractivity contribution in [1.82, 2.24) is 9.97 Å². The molecule has 0 unspecified atom stereocenters. The molecule has 0 aromatic carbocycles. The molecule has 60 valence electrons. The van der Waals surface area contributed by atoms with E-state index < -0.39 is 0 Å². The lowest BCUT2D eigenvalue weighted by Crippen LogP contribution is -2.06. The average Bonchev–Trinajstić information content (AvgIpc) is 2.05. The van der Waals surface area contributed by atoms with Gasteiger partial charge >= 0.3 is 6.01 Å². The zero-order valence-corrected chi connectivity index (χ0v) is 6.61. The van der Waals surface area contributed by atoms with Crippen LogP contribution >= 0.6 is 0 Å². The van der Waals surface area contributed by atoms with Crippen molar-refractivity contribution in [2.75, 3.05) is 7.11 Å². The van der Waals surface area contributed by atoms with E-state index in [4.69, 9.17) is 10.5 Å². The van der Waals surface area contributed by atoms with Crippen LogP contribution in [-0.2, 0) is 0 Å². The monoisotopic (exact) mass is 153 g/mol. The molecule has 0 radical (unpaired) electrons. The van der Waals surface area contributed by atoms with Gasteiger partial charge in [-0.1, -0.05) is 0 Å². The van der Waals surface area contributed by atoms with E-state index in [1.165, 1.54) is 7.11 Å². The van der Waals surface area contributed by atoms with Crippen LogP contribution in [0.5, 0.6) is 6.01 Å². The van der Waals surface area contributed by atoms with Crippen LogP contribution in [0.1, 0.15) is 18.5 Å². The maximum absolute atomic E-state index is 5.58. The highest BCUT2D eigenvalue weighted by molar-refractivity contribution is 5.10. The molecule has 0 spiro atoms. The number of methoxy groups -OCH3 is 1. The van der Waals surface area contributed by atoms with E-state index >= 15 is 0 Å². The number of hydrogen-bond acceptors (Lipinski definition) is 4. The fourth-order valence-corrected chi connectivity index (χ4v) is 0.667. The summed E-state index contributed by atoms with van der Waals surface area (Å²) < 4.78 is 4.79. The molecule has 0 aliphatic rings. The van der Waals surface area contributed by atoms with E-state index in [1.54, 1.807) is 12.4 Å². The molecule has 0 fully saturated rings. The molecule has 11 heavy (non-hydrogen) atoms. The summed E-state index contributed by atoms with van der Waals surface area (Å²) in [6.07, 6.45) is 3.33. The van der Waals surface area contributed by atoms with E-state index in [2.05, 4.69) is 9.97 Å². The third kappa shape index (κ3) is 1.88. The van der Waals surface area contributed by atoms with Crippen molar-refractivity contribution in [3.8, 4) is 6.01 Å². The minimum Gasteiger partial charge on any atom is -0.467 e. The van der Waals surface area contributed by atoms with Crippen LogP contribution in [-0.4, -0.2) is 17.1 Å². The molecule has 4 nitrogen and oxygen atoms in total. The van der Waals surface area contributed by atoms with Crippen LogP contribution < -0.4 is 10.5 Å². The van der Waals surface area contributed by atoms with Crippen LogP contribution in [0.3, 0.4) is 0 Å². The second-order valence-electron chi connectivity index (χ2n) is 2.29. The molecule has 0 aliphatic carbocycles. The summed E-state index contributed by atoms with van der Waals surface area (Å²) in [5.74, 6) is 0. The van der Waals surface area contributed by atoms with Gasteiger partial charge in [-0.25, -0.2) is 9.97 Å². The minimum absolute atomic E-state index is 0.0269. The predicted molar refractivity (Wildman–Crippen MR) is 41.2 cm³/mol. The smallest absolute Gasteiger partial charge is 0.316 e. The highest BCUT2D eigenvalue weighted by Crippen LogP contribution is 2.07. The van der Waals surface area contributed by atoms with Gasteiger partial charge < -0.3 is 10.5 Å². The van der Waals surface area contributed by atoms with E-state index in [1.807, 2.05) is 6.92 Å². The van der Waals surface area contributed by atoms with Crippen molar-refractivity contribution < 1.29 is 4.74 Å². The number of ether oxygens (including phenoxy) is 1. The van der Waals surface area contributed by atoms with Crippen LogP contribution in [0.25, 0.3) is 0 Å². The molecule has 0 aliphatic heterocycles. The van der Waals surface area contributed by atoms with E-state index in [-0.39, 0.29) is 6.04 Å². The zero-order valence-electron chi connectivity index (χ0n) is 6.61. The molecule has 0 amide bonds. The third-order valence-corrected chi connectivity index (χ3v) is 1.36. The number of rotatable bonds is 2. The second-order valence-corrected chi connectivity index (χ2v) is 2.29. The highest BCUT2D eigenvalue weighted by atomic mass is 16.5. The lowest BCUT2D eigenvalue weighted by molar-refractivity contribution is 0.379. The van der Waals surface area contributed by atoms with Gasteiger partial charge in [-0.3, -0.25) is 0 Å². The molecule has 1 atom stereocenters. The maximum atomic E-state index is 5.58. The normalized spacial score (nSPS) is 12.6. The summed E-state index contributed by atoms with van der Waals surface area (Å²) in [5.41, 5.74) is 6.49. The topological polar surface area (TPSA) is 61.0 Å². The van der Waals surface area contributed by atoms with Gasteiger partial charge in [-0.05, 0) is 6.92 Å². The maximum Gasteiger partial charge on any atom is 0.316 e. The summed E-state index contributed by atoms with van der Waals surface area (Å²) in [6, 6.07) is 0.343. The highest BCUT2D eigenvalue weighted by Gasteiger charge is 2.00. The van der Waals surface area contributed by atoms with E-state index in [0.717, 1.165) is 5.56 Å². The van der Waals surface area contributed by atoms with Crippen molar-refractivity contribution in [2.45, 2.75) is 13.0 Å². The third-order valence-electron chi connectivity index (χ3n) is 1.36. The average molecular weight is 153 g/mol. The molecule has 2 N–H and O–H groups in total. The Labute approximate surface area is 65.4 Å². The number of aromatic nitrogens is 2. The lowest BCUT2D eigenvalue weighted by Gasteiger charge is -2.03. The molecule has 1 aromatic rings. The van der Waals surface area contributed by atoms with Gasteiger partial charge in [-0.2, -0.15) is 0 Å². The van der Waals surface area contributed by atoms with Crippen LogP contribution in [0.4, 0.5) is 0 Å². The van der Waals surface area contributed by atoms with Gasteiger partial charge in [0.05, 0.1) is 7.11 Å². The quantitative estimate of drug-likeness (QED) is 0.672. The van der Waals surface area contributed by atoms with Crippen molar-refractivity contribution in [2.24, 2.45) is 5.73 Å². The van der Waals surface area contributed by atoms with Crippen LogP contribution in [0.15, 0.2) is 12.4 Å².